The first-order valence-electron chi connectivity index (χ1n) is 4.53. The monoisotopic (exact) mass is 236 g/mol. The maximum absolute atomic E-state index is 11.0. The van der Waals surface area contributed by atoms with Crippen molar-refractivity contribution in [1.82, 2.24) is 14.8 Å². The Morgan fingerprint density at radius 3 is 2.81 bits per heavy atom. The number of hydrogen-bond acceptors (Lipinski definition) is 3. The lowest BCUT2D eigenvalue weighted by Crippen LogP contribution is -2.13. The second-order valence-electron chi connectivity index (χ2n) is 3.27. The van der Waals surface area contributed by atoms with Gasteiger partial charge in [0.25, 0.3) is 5.91 Å². The Morgan fingerprint density at radius 2 is 2.25 bits per heavy atom. The minimum Gasteiger partial charge on any atom is -0.364 e. The van der Waals surface area contributed by atoms with Gasteiger partial charge in [-0.1, -0.05) is 11.6 Å². The Hall–Kier alpha value is -1.88. The van der Waals surface area contributed by atoms with Crippen LogP contribution in [0, 0.1) is 0 Å². The van der Waals surface area contributed by atoms with E-state index < -0.39 is 5.91 Å². The number of aryl methyl sites for hydroxylation is 1. The van der Waals surface area contributed by atoms with Crippen LogP contribution in [0.5, 0.6) is 0 Å². The Bertz CT molecular complexity index is 550. The van der Waals surface area contributed by atoms with E-state index in [0.717, 1.165) is 11.3 Å². The molecule has 0 fully saturated rings. The molecule has 0 saturated carbocycles. The summed E-state index contributed by atoms with van der Waals surface area (Å²) >= 11 is 5.81. The molecule has 2 aromatic heterocycles. The van der Waals surface area contributed by atoms with Gasteiger partial charge in [0.15, 0.2) is 0 Å². The smallest absolute Gasteiger partial charge is 0.267 e. The maximum Gasteiger partial charge on any atom is 0.267 e. The van der Waals surface area contributed by atoms with E-state index >= 15 is 0 Å². The lowest BCUT2D eigenvalue weighted by molar-refractivity contribution is 0.0995. The third-order valence-corrected chi connectivity index (χ3v) is 2.36. The Labute approximate surface area is 96.8 Å². The maximum atomic E-state index is 11.0. The SMILES string of the molecule is Cn1nccc1-c1cc(Cl)nc(C(N)=O)c1. The van der Waals surface area contributed by atoms with Gasteiger partial charge in [-0.2, -0.15) is 5.10 Å². The molecule has 0 aliphatic carbocycles. The average molecular weight is 237 g/mol. The molecule has 0 spiro atoms. The summed E-state index contributed by atoms with van der Waals surface area (Å²) in [4.78, 5) is 14.9. The van der Waals surface area contributed by atoms with Crippen molar-refractivity contribution in [2.75, 3.05) is 0 Å². The van der Waals surface area contributed by atoms with Crippen LogP contribution in [0.2, 0.25) is 5.15 Å². The highest BCUT2D eigenvalue weighted by atomic mass is 35.5. The molecule has 5 nitrogen and oxygen atoms in total. The molecule has 0 atom stereocenters. The van der Waals surface area contributed by atoms with Crippen molar-refractivity contribution in [3.63, 3.8) is 0 Å². The van der Waals surface area contributed by atoms with E-state index in [0.29, 0.717) is 0 Å². The molecule has 16 heavy (non-hydrogen) atoms. The number of nitrogens with zero attached hydrogens (tertiary/aromatic N) is 3. The van der Waals surface area contributed by atoms with Gasteiger partial charge in [-0.05, 0) is 18.2 Å². The van der Waals surface area contributed by atoms with Gasteiger partial charge in [0.05, 0.1) is 5.69 Å². The van der Waals surface area contributed by atoms with E-state index in [1.165, 1.54) is 0 Å². The highest BCUT2D eigenvalue weighted by Gasteiger charge is 2.09. The number of pyridine rings is 1. The van der Waals surface area contributed by atoms with Crippen molar-refractivity contribution in [1.29, 1.82) is 0 Å². The number of nitrogens with two attached hydrogens (primary N) is 1. The summed E-state index contributed by atoms with van der Waals surface area (Å²) in [6.07, 6.45) is 1.66. The zero-order valence-corrected chi connectivity index (χ0v) is 9.27. The fourth-order valence-corrected chi connectivity index (χ4v) is 1.64. The standard InChI is InChI=1S/C10H9ClN4O/c1-15-8(2-3-13-15)6-4-7(10(12)16)14-9(11)5-6/h2-5H,1H3,(H2,12,16). The number of halogens is 1. The van der Waals surface area contributed by atoms with Gasteiger partial charge >= 0.3 is 0 Å². The van der Waals surface area contributed by atoms with Crippen LogP contribution < -0.4 is 5.73 Å². The molecule has 2 heterocycles. The van der Waals surface area contributed by atoms with Crippen molar-refractivity contribution < 1.29 is 4.79 Å². The average Bonchev–Trinajstić information content (AvgIpc) is 2.63. The van der Waals surface area contributed by atoms with Gasteiger partial charge in [-0.25, -0.2) is 4.98 Å². The van der Waals surface area contributed by atoms with E-state index in [4.69, 9.17) is 17.3 Å². The largest absolute Gasteiger partial charge is 0.364 e. The van der Waals surface area contributed by atoms with E-state index in [9.17, 15) is 4.79 Å². The molecule has 2 rings (SSSR count). The lowest BCUT2D eigenvalue weighted by Gasteiger charge is -2.04. The van der Waals surface area contributed by atoms with Gasteiger partial charge in [0.1, 0.15) is 10.8 Å². The van der Waals surface area contributed by atoms with Crippen LogP contribution in [0.15, 0.2) is 24.4 Å². The molecule has 0 radical (unpaired) electrons. The van der Waals surface area contributed by atoms with Crippen LogP contribution in [0.4, 0.5) is 0 Å². The highest BCUT2D eigenvalue weighted by Crippen LogP contribution is 2.21. The molecule has 6 heteroatoms. The molecule has 1 amide bonds. The summed E-state index contributed by atoms with van der Waals surface area (Å²) in [5.74, 6) is -0.606. The Kier molecular flexibility index (Phi) is 2.62. The predicted molar refractivity (Wildman–Crippen MR) is 60.0 cm³/mol. The minimum atomic E-state index is -0.606. The highest BCUT2D eigenvalue weighted by molar-refractivity contribution is 6.29. The third kappa shape index (κ3) is 1.90. The lowest BCUT2D eigenvalue weighted by atomic mass is 10.1. The van der Waals surface area contributed by atoms with Gasteiger partial charge in [-0.3, -0.25) is 9.48 Å². The molecule has 82 valence electrons. The molecule has 0 aliphatic rings. The zero-order valence-electron chi connectivity index (χ0n) is 8.51. The quantitative estimate of drug-likeness (QED) is 0.797. The van der Waals surface area contributed by atoms with Gasteiger partial charge < -0.3 is 5.73 Å². The predicted octanol–water partition coefficient (Wildman–Crippen LogP) is 1.23. The molecule has 0 unspecified atom stereocenters. The molecule has 2 N–H and O–H groups in total. The number of hydrogen-bond donors (Lipinski definition) is 1. The second-order valence-corrected chi connectivity index (χ2v) is 3.66. The van der Waals surface area contributed by atoms with Crippen LogP contribution in [0.25, 0.3) is 11.3 Å². The molecule has 2 aromatic rings. The van der Waals surface area contributed by atoms with Crippen molar-refractivity contribution in [2.45, 2.75) is 0 Å². The summed E-state index contributed by atoms with van der Waals surface area (Å²) in [5.41, 5.74) is 6.90. The zero-order chi connectivity index (χ0) is 11.7. The first-order valence-corrected chi connectivity index (χ1v) is 4.91. The van der Waals surface area contributed by atoms with Gasteiger partial charge in [-0.15, -0.1) is 0 Å². The number of aromatic nitrogens is 3. The molecular weight excluding hydrogens is 228 g/mol. The second kappa shape index (κ2) is 3.94. The topological polar surface area (TPSA) is 73.8 Å². The number of carbonyl (C=O) groups is 1. The first-order chi connectivity index (χ1) is 7.58. The van der Waals surface area contributed by atoms with E-state index in [2.05, 4.69) is 10.1 Å². The molecule has 0 bridgehead atoms. The fourth-order valence-electron chi connectivity index (χ4n) is 1.43. The van der Waals surface area contributed by atoms with Crippen LogP contribution >= 0.6 is 11.6 Å². The van der Waals surface area contributed by atoms with E-state index in [1.807, 2.05) is 6.07 Å². The number of rotatable bonds is 2. The van der Waals surface area contributed by atoms with E-state index in [1.54, 1.807) is 30.1 Å². The van der Waals surface area contributed by atoms with Crippen molar-refractivity contribution in [3.05, 3.63) is 35.2 Å². The van der Waals surface area contributed by atoms with Crippen molar-refractivity contribution in [2.24, 2.45) is 12.8 Å². The summed E-state index contributed by atoms with van der Waals surface area (Å²) in [5, 5.41) is 4.26. The summed E-state index contributed by atoms with van der Waals surface area (Å²) in [6, 6.07) is 5.06. The van der Waals surface area contributed by atoms with Crippen LogP contribution in [0.3, 0.4) is 0 Å². The van der Waals surface area contributed by atoms with Crippen molar-refractivity contribution >= 4 is 17.5 Å². The summed E-state index contributed by atoms with van der Waals surface area (Å²) in [7, 11) is 1.80. The van der Waals surface area contributed by atoms with Gasteiger partial charge in [0, 0.05) is 18.8 Å². The summed E-state index contributed by atoms with van der Waals surface area (Å²) in [6.45, 7) is 0. The van der Waals surface area contributed by atoms with Gasteiger partial charge in [0.2, 0.25) is 0 Å². The minimum absolute atomic E-state index is 0.142. The fraction of sp³-hybridized carbons (Fsp3) is 0.100. The Morgan fingerprint density at radius 1 is 1.50 bits per heavy atom. The van der Waals surface area contributed by atoms with Crippen LogP contribution in [0.1, 0.15) is 10.5 Å². The summed E-state index contributed by atoms with van der Waals surface area (Å²) < 4.78 is 1.68. The molecule has 0 saturated heterocycles. The number of carbonyl (C=O) groups excluding carboxylic acids is 1. The Balaban J connectivity index is 2.58. The molecular formula is C10H9ClN4O. The first kappa shape index (κ1) is 10.6. The number of primary amides is 1. The number of amides is 1. The molecule has 0 aliphatic heterocycles. The van der Waals surface area contributed by atoms with E-state index in [-0.39, 0.29) is 10.8 Å². The van der Waals surface area contributed by atoms with Crippen LogP contribution in [-0.2, 0) is 7.05 Å². The molecule has 0 aromatic carbocycles. The van der Waals surface area contributed by atoms with Crippen LogP contribution in [-0.4, -0.2) is 20.7 Å². The normalized spacial score (nSPS) is 10.4. The third-order valence-electron chi connectivity index (χ3n) is 2.16. The van der Waals surface area contributed by atoms with Crippen molar-refractivity contribution in [3.8, 4) is 11.3 Å².